The predicted octanol–water partition coefficient (Wildman–Crippen LogP) is 2.90. The van der Waals surface area contributed by atoms with Crippen molar-refractivity contribution in [2.45, 2.75) is 20.0 Å². The summed E-state index contributed by atoms with van der Waals surface area (Å²) in [5, 5.41) is 3.32. The second-order valence-electron chi connectivity index (χ2n) is 3.88. The number of carbonyl (C=O) groups is 2. The maximum absolute atomic E-state index is 11.8. The minimum absolute atomic E-state index is 0.185. The fraction of sp³-hybridized carbons (Fsp3) is 0.385. The minimum atomic E-state index is -0.949. The SMILES string of the molecule is CCOCC(=O)O[C@@H](C)C(=O)Nc1ccc(Cl)cc1Cl. The molecular weight excluding hydrogens is 305 g/mol. The molecule has 1 rings (SSSR count). The first-order valence-corrected chi connectivity index (χ1v) is 6.72. The van der Waals surface area contributed by atoms with Crippen LogP contribution in [0.5, 0.6) is 0 Å². The molecule has 0 heterocycles. The van der Waals surface area contributed by atoms with Gasteiger partial charge in [-0.3, -0.25) is 4.79 Å². The maximum atomic E-state index is 11.8. The van der Waals surface area contributed by atoms with Crippen molar-refractivity contribution in [1.29, 1.82) is 0 Å². The van der Waals surface area contributed by atoms with Crippen LogP contribution in [-0.2, 0) is 19.1 Å². The standard InChI is InChI=1S/C13H15Cl2NO4/c1-3-19-7-12(17)20-8(2)13(18)16-11-5-4-9(14)6-10(11)15/h4-6,8H,3,7H2,1-2H3,(H,16,18)/t8-/m0/s1. The molecule has 0 aliphatic carbocycles. The van der Waals surface area contributed by atoms with E-state index in [1.54, 1.807) is 19.1 Å². The first kappa shape index (κ1) is 16.8. The summed E-state index contributed by atoms with van der Waals surface area (Å²) in [5.74, 6) is -1.09. The van der Waals surface area contributed by atoms with Crippen molar-refractivity contribution in [2.24, 2.45) is 0 Å². The van der Waals surface area contributed by atoms with Crippen LogP contribution in [0.2, 0.25) is 10.0 Å². The molecule has 20 heavy (non-hydrogen) atoms. The number of rotatable bonds is 6. The summed E-state index contributed by atoms with van der Waals surface area (Å²) in [4.78, 5) is 23.1. The third-order valence-corrected chi connectivity index (χ3v) is 2.84. The van der Waals surface area contributed by atoms with Gasteiger partial charge in [-0.15, -0.1) is 0 Å². The molecule has 0 saturated heterocycles. The molecule has 7 heteroatoms. The van der Waals surface area contributed by atoms with E-state index in [9.17, 15) is 9.59 Å². The largest absolute Gasteiger partial charge is 0.451 e. The summed E-state index contributed by atoms with van der Waals surface area (Å²) < 4.78 is 9.79. The molecule has 0 spiro atoms. The van der Waals surface area contributed by atoms with E-state index in [-0.39, 0.29) is 6.61 Å². The topological polar surface area (TPSA) is 64.6 Å². The summed E-state index contributed by atoms with van der Waals surface area (Å²) in [6.07, 6.45) is -0.949. The number of esters is 1. The van der Waals surface area contributed by atoms with E-state index in [1.165, 1.54) is 13.0 Å². The highest BCUT2D eigenvalue weighted by Gasteiger charge is 2.18. The molecule has 0 saturated carbocycles. The third kappa shape index (κ3) is 5.36. The second-order valence-corrected chi connectivity index (χ2v) is 4.73. The minimum Gasteiger partial charge on any atom is -0.451 e. The molecule has 0 fully saturated rings. The van der Waals surface area contributed by atoms with E-state index in [2.05, 4.69) is 5.32 Å². The summed E-state index contributed by atoms with van der Waals surface area (Å²) >= 11 is 11.7. The van der Waals surface area contributed by atoms with Crippen molar-refractivity contribution in [1.82, 2.24) is 0 Å². The van der Waals surface area contributed by atoms with Crippen molar-refractivity contribution in [3.63, 3.8) is 0 Å². The molecule has 0 radical (unpaired) electrons. The van der Waals surface area contributed by atoms with E-state index in [4.69, 9.17) is 32.7 Å². The van der Waals surface area contributed by atoms with Crippen molar-refractivity contribution >= 4 is 40.8 Å². The quantitative estimate of drug-likeness (QED) is 0.819. The van der Waals surface area contributed by atoms with Crippen molar-refractivity contribution < 1.29 is 19.1 Å². The summed E-state index contributed by atoms with van der Waals surface area (Å²) in [5.41, 5.74) is 0.397. The van der Waals surface area contributed by atoms with Crippen LogP contribution in [0.15, 0.2) is 18.2 Å². The summed E-state index contributed by atoms with van der Waals surface area (Å²) in [6.45, 7) is 3.43. The lowest BCUT2D eigenvalue weighted by molar-refractivity contribution is -0.157. The molecule has 0 bridgehead atoms. The van der Waals surface area contributed by atoms with Gasteiger partial charge in [-0.1, -0.05) is 23.2 Å². The fourth-order valence-electron chi connectivity index (χ4n) is 1.30. The van der Waals surface area contributed by atoms with Gasteiger partial charge in [0.2, 0.25) is 0 Å². The number of anilines is 1. The van der Waals surface area contributed by atoms with Crippen LogP contribution in [0.3, 0.4) is 0 Å². The molecule has 0 aromatic heterocycles. The first-order chi connectivity index (χ1) is 9.43. The maximum Gasteiger partial charge on any atom is 0.332 e. The fourth-order valence-corrected chi connectivity index (χ4v) is 1.75. The lowest BCUT2D eigenvalue weighted by atomic mass is 10.3. The number of carbonyl (C=O) groups excluding carboxylic acids is 2. The zero-order chi connectivity index (χ0) is 15.1. The van der Waals surface area contributed by atoms with Gasteiger partial charge in [0, 0.05) is 11.6 Å². The molecule has 1 aromatic carbocycles. The average Bonchev–Trinajstić information content (AvgIpc) is 2.39. The molecule has 5 nitrogen and oxygen atoms in total. The molecule has 110 valence electrons. The number of hydrogen-bond donors (Lipinski definition) is 1. The van der Waals surface area contributed by atoms with Gasteiger partial charge in [-0.2, -0.15) is 0 Å². The Morgan fingerprint density at radius 2 is 2.05 bits per heavy atom. The van der Waals surface area contributed by atoms with Crippen LogP contribution < -0.4 is 5.32 Å². The van der Waals surface area contributed by atoms with Gasteiger partial charge in [0.1, 0.15) is 6.61 Å². The van der Waals surface area contributed by atoms with Crippen LogP contribution in [0.1, 0.15) is 13.8 Å². The normalized spacial score (nSPS) is 11.8. The summed E-state index contributed by atoms with van der Waals surface area (Å²) in [7, 11) is 0. The van der Waals surface area contributed by atoms with E-state index < -0.39 is 18.0 Å². The molecule has 1 amide bonds. The van der Waals surface area contributed by atoms with E-state index >= 15 is 0 Å². The van der Waals surface area contributed by atoms with Gasteiger partial charge < -0.3 is 14.8 Å². The van der Waals surface area contributed by atoms with Gasteiger partial charge in [0.05, 0.1) is 10.7 Å². The van der Waals surface area contributed by atoms with Crippen LogP contribution in [0, 0.1) is 0 Å². The Balaban J connectivity index is 2.55. The van der Waals surface area contributed by atoms with Gasteiger partial charge in [-0.25, -0.2) is 4.79 Å². The highest BCUT2D eigenvalue weighted by Crippen LogP contribution is 2.25. The van der Waals surface area contributed by atoms with Crippen molar-refractivity contribution in [2.75, 3.05) is 18.5 Å². The lowest BCUT2D eigenvalue weighted by Crippen LogP contribution is -2.31. The Labute approximate surface area is 127 Å². The molecule has 0 unspecified atom stereocenters. The molecule has 0 aliphatic rings. The molecule has 1 N–H and O–H groups in total. The van der Waals surface area contributed by atoms with Crippen molar-refractivity contribution in [3.8, 4) is 0 Å². The molecular formula is C13H15Cl2NO4. The zero-order valence-electron chi connectivity index (χ0n) is 11.1. The van der Waals surface area contributed by atoms with Gasteiger partial charge in [-0.05, 0) is 32.0 Å². The van der Waals surface area contributed by atoms with Crippen LogP contribution >= 0.6 is 23.2 Å². The highest BCUT2D eigenvalue weighted by atomic mass is 35.5. The Hall–Kier alpha value is -1.30. The van der Waals surface area contributed by atoms with Gasteiger partial charge >= 0.3 is 5.97 Å². The van der Waals surface area contributed by atoms with E-state index in [1.807, 2.05) is 0 Å². The Morgan fingerprint density at radius 3 is 2.65 bits per heavy atom. The van der Waals surface area contributed by atoms with Gasteiger partial charge in [0.15, 0.2) is 6.10 Å². The highest BCUT2D eigenvalue weighted by molar-refractivity contribution is 6.36. The van der Waals surface area contributed by atoms with Crippen LogP contribution in [0.25, 0.3) is 0 Å². The second kappa shape index (κ2) is 8.09. The zero-order valence-corrected chi connectivity index (χ0v) is 12.6. The summed E-state index contributed by atoms with van der Waals surface area (Å²) in [6, 6.07) is 4.66. The number of amides is 1. The third-order valence-electron chi connectivity index (χ3n) is 2.29. The Kier molecular flexibility index (Phi) is 6.78. The van der Waals surface area contributed by atoms with Crippen LogP contribution in [-0.4, -0.2) is 31.2 Å². The van der Waals surface area contributed by atoms with Gasteiger partial charge in [0.25, 0.3) is 5.91 Å². The Morgan fingerprint density at radius 1 is 1.35 bits per heavy atom. The number of halogens is 2. The number of hydrogen-bond acceptors (Lipinski definition) is 4. The smallest absolute Gasteiger partial charge is 0.332 e. The Bertz CT molecular complexity index is 493. The number of benzene rings is 1. The lowest BCUT2D eigenvalue weighted by Gasteiger charge is -2.14. The monoisotopic (exact) mass is 319 g/mol. The molecule has 0 aliphatic heterocycles. The average molecular weight is 320 g/mol. The van der Waals surface area contributed by atoms with Crippen molar-refractivity contribution in [3.05, 3.63) is 28.2 Å². The number of nitrogens with one attached hydrogen (secondary N) is 1. The predicted molar refractivity (Wildman–Crippen MR) is 77.1 cm³/mol. The van der Waals surface area contributed by atoms with Crippen LogP contribution in [0.4, 0.5) is 5.69 Å². The first-order valence-electron chi connectivity index (χ1n) is 5.97. The number of ether oxygens (including phenoxy) is 2. The van der Waals surface area contributed by atoms with E-state index in [0.29, 0.717) is 22.3 Å². The molecule has 1 aromatic rings. The molecule has 1 atom stereocenters. The van der Waals surface area contributed by atoms with E-state index in [0.717, 1.165) is 0 Å².